The van der Waals surface area contributed by atoms with Gasteiger partial charge >= 0.3 is 11.8 Å². The monoisotopic (exact) mass is 269 g/mol. The number of alkyl halides is 4. The number of hydrogen-bond acceptors (Lipinski definition) is 1. The summed E-state index contributed by atoms with van der Waals surface area (Å²) in [7, 11) is 0. The Morgan fingerprint density at radius 3 is 2.22 bits per heavy atom. The molecular formula is C12H19F4NO. The van der Waals surface area contributed by atoms with E-state index in [2.05, 4.69) is 0 Å². The molecule has 0 spiro atoms. The van der Waals surface area contributed by atoms with Crippen molar-refractivity contribution in [2.24, 2.45) is 5.92 Å². The molecule has 0 aromatic rings. The van der Waals surface area contributed by atoms with E-state index in [1.54, 1.807) is 0 Å². The van der Waals surface area contributed by atoms with E-state index in [1.807, 2.05) is 5.32 Å². The van der Waals surface area contributed by atoms with Gasteiger partial charge in [-0.3, -0.25) is 4.79 Å². The Bertz CT molecular complexity index is 282. The molecule has 1 N–H and O–H groups in total. The fraction of sp³-hybridized carbons (Fsp3) is 0.917. The largest absolute Gasteiger partial charge is 0.385 e. The van der Waals surface area contributed by atoms with Crippen LogP contribution in [-0.4, -0.2) is 24.3 Å². The van der Waals surface area contributed by atoms with Gasteiger partial charge in [0.05, 0.1) is 0 Å². The third-order valence-corrected chi connectivity index (χ3v) is 3.40. The Hall–Kier alpha value is -0.810. The van der Waals surface area contributed by atoms with Crippen LogP contribution < -0.4 is 5.32 Å². The van der Waals surface area contributed by atoms with E-state index in [0.717, 1.165) is 25.7 Å². The van der Waals surface area contributed by atoms with Crippen molar-refractivity contribution in [3.63, 3.8) is 0 Å². The molecule has 1 amide bonds. The molecule has 0 aliphatic heterocycles. The maximum Gasteiger partial charge on any atom is 0.385 e. The van der Waals surface area contributed by atoms with Crippen molar-refractivity contribution in [1.29, 1.82) is 0 Å². The van der Waals surface area contributed by atoms with Gasteiger partial charge in [0.25, 0.3) is 5.91 Å². The quantitative estimate of drug-likeness (QED) is 0.762. The van der Waals surface area contributed by atoms with Gasteiger partial charge in [0.2, 0.25) is 0 Å². The Morgan fingerprint density at radius 1 is 1.17 bits per heavy atom. The first-order valence-electron chi connectivity index (χ1n) is 6.29. The molecule has 1 aliphatic carbocycles. The lowest BCUT2D eigenvalue weighted by molar-refractivity contribution is -0.202. The van der Waals surface area contributed by atoms with E-state index in [0.29, 0.717) is 12.3 Å². The number of halogens is 4. The summed E-state index contributed by atoms with van der Waals surface area (Å²) >= 11 is 0. The van der Waals surface area contributed by atoms with Gasteiger partial charge in [-0.05, 0) is 12.3 Å². The normalized spacial score (nSPS) is 18.7. The third kappa shape index (κ3) is 3.85. The van der Waals surface area contributed by atoms with Crippen LogP contribution in [0.15, 0.2) is 0 Å². The predicted octanol–water partition coefficient (Wildman–Crippen LogP) is 3.36. The molecular weight excluding hydrogens is 250 g/mol. The third-order valence-electron chi connectivity index (χ3n) is 3.40. The molecule has 0 heterocycles. The van der Waals surface area contributed by atoms with E-state index in [4.69, 9.17) is 0 Å². The lowest BCUT2D eigenvalue weighted by atomic mass is 9.87. The minimum absolute atomic E-state index is 0.0369. The van der Waals surface area contributed by atoms with Crippen LogP contribution in [-0.2, 0) is 4.79 Å². The highest BCUT2D eigenvalue weighted by atomic mass is 19.3. The number of rotatable bonds is 5. The molecule has 0 aromatic carbocycles. The second-order valence-electron chi connectivity index (χ2n) is 5.01. The van der Waals surface area contributed by atoms with Crippen molar-refractivity contribution in [3.8, 4) is 0 Å². The molecule has 1 rings (SSSR count). The van der Waals surface area contributed by atoms with E-state index < -0.39 is 17.8 Å². The van der Waals surface area contributed by atoms with Gasteiger partial charge in [-0.1, -0.05) is 32.1 Å². The molecule has 0 bridgehead atoms. The van der Waals surface area contributed by atoms with Gasteiger partial charge in [-0.15, -0.1) is 0 Å². The van der Waals surface area contributed by atoms with E-state index in [-0.39, 0.29) is 13.5 Å². The van der Waals surface area contributed by atoms with Crippen molar-refractivity contribution in [2.75, 3.05) is 6.54 Å². The summed E-state index contributed by atoms with van der Waals surface area (Å²) in [6.07, 6.45) is 6.04. The minimum atomic E-state index is -4.64. The van der Waals surface area contributed by atoms with Crippen LogP contribution >= 0.6 is 0 Å². The first-order chi connectivity index (χ1) is 8.25. The molecule has 6 heteroatoms. The molecule has 0 unspecified atom stereocenters. The zero-order chi connectivity index (χ0) is 13.8. The summed E-state index contributed by atoms with van der Waals surface area (Å²) in [5.41, 5.74) is 0. The summed E-state index contributed by atoms with van der Waals surface area (Å²) in [6.45, 7) is 0.0862. The lowest BCUT2D eigenvalue weighted by Gasteiger charge is -2.24. The van der Waals surface area contributed by atoms with Crippen LogP contribution in [0.4, 0.5) is 17.6 Å². The SMILES string of the molecule is CC(F)(F)C(F)(F)C(=O)NCCC1CCCCC1. The number of carbonyl (C=O) groups is 1. The molecule has 0 aromatic heterocycles. The average molecular weight is 269 g/mol. The molecule has 18 heavy (non-hydrogen) atoms. The molecule has 0 atom stereocenters. The van der Waals surface area contributed by atoms with Gasteiger partial charge < -0.3 is 5.32 Å². The van der Waals surface area contributed by atoms with Crippen molar-refractivity contribution in [3.05, 3.63) is 0 Å². The number of nitrogens with one attached hydrogen (secondary N) is 1. The fourth-order valence-electron chi connectivity index (χ4n) is 2.18. The maximum absolute atomic E-state index is 12.9. The Kier molecular flexibility index (Phi) is 4.99. The smallest absolute Gasteiger partial charge is 0.351 e. The standard InChI is InChI=1S/C12H19F4NO/c1-11(13,14)12(15,16)10(18)17-8-7-9-5-3-2-4-6-9/h9H,2-8H2,1H3,(H,17,18). The van der Waals surface area contributed by atoms with Gasteiger partial charge in [-0.2, -0.15) is 17.6 Å². The van der Waals surface area contributed by atoms with Crippen LogP contribution in [0.1, 0.15) is 45.4 Å². The zero-order valence-corrected chi connectivity index (χ0v) is 10.4. The first kappa shape index (κ1) is 15.2. The Morgan fingerprint density at radius 2 is 1.72 bits per heavy atom. The van der Waals surface area contributed by atoms with Crippen LogP contribution in [0.3, 0.4) is 0 Å². The first-order valence-corrected chi connectivity index (χ1v) is 6.29. The van der Waals surface area contributed by atoms with Gasteiger partial charge in [0, 0.05) is 13.5 Å². The van der Waals surface area contributed by atoms with E-state index >= 15 is 0 Å². The summed E-state index contributed by atoms with van der Waals surface area (Å²) in [5, 5.41) is 1.91. The van der Waals surface area contributed by atoms with Gasteiger partial charge in [-0.25, -0.2) is 0 Å². The highest BCUT2D eigenvalue weighted by Gasteiger charge is 2.58. The summed E-state index contributed by atoms with van der Waals surface area (Å²) in [4.78, 5) is 11.0. The van der Waals surface area contributed by atoms with Crippen molar-refractivity contribution in [2.45, 2.75) is 57.3 Å². The van der Waals surface area contributed by atoms with Crippen LogP contribution in [0.2, 0.25) is 0 Å². The lowest BCUT2D eigenvalue weighted by Crippen LogP contribution is -2.51. The second kappa shape index (κ2) is 5.89. The van der Waals surface area contributed by atoms with Crippen LogP contribution in [0, 0.1) is 5.92 Å². The van der Waals surface area contributed by atoms with Crippen molar-refractivity contribution in [1.82, 2.24) is 5.32 Å². The second-order valence-corrected chi connectivity index (χ2v) is 5.01. The van der Waals surface area contributed by atoms with Gasteiger partial charge in [0.15, 0.2) is 0 Å². The van der Waals surface area contributed by atoms with E-state index in [1.165, 1.54) is 6.42 Å². The van der Waals surface area contributed by atoms with Gasteiger partial charge in [0.1, 0.15) is 0 Å². The molecule has 1 fully saturated rings. The van der Waals surface area contributed by atoms with Crippen LogP contribution in [0.25, 0.3) is 0 Å². The number of amides is 1. The predicted molar refractivity (Wildman–Crippen MR) is 59.8 cm³/mol. The highest BCUT2D eigenvalue weighted by molar-refractivity contribution is 5.84. The summed E-state index contributed by atoms with van der Waals surface area (Å²) in [5.74, 6) is -10.4. The van der Waals surface area contributed by atoms with E-state index in [9.17, 15) is 22.4 Å². The molecule has 2 nitrogen and oxygen atoms in total. The zero-order valence-electron chi connectivity index (χ0n) is 10.4. The summed E-state index contributed by atoms with van der Waals surface area (Å²) < 4.78 is 50.9. The van der Waals surface area contributed by atoms with Crippen molar-refractivity contribution < 1.29 is 22.4 Å². The Balaban J connectivity index is 2.32. The number of carbonyl (C=O) groups excluding carboxylic acids is 1. The highest BCUT2D eigenvalue weighted by Crippen LogP contribution is 2.33. The molecule has 1 aliphatic rings. The van der Waals surface area contributed by atoms with Crippen molar-refractivity contribution >= 4 is 5.91 Å². The summed E-state index contributed by atoms with van der Waals surface area (Å²) in [6, 6.07) is 0. The fourth-order valence-corrected chi connectivity index (χ4v) is 2.18. The Labute approximate surface area is 104 Å². The molecule has 0 saturated heterocycles. The topological polar surface area (TPSA) is 29.1 Å². The molecule has 106 valence electrons. The molecule has 0 radical (unpaired) electrons. The molecule has 1 saturated carbocycles. The number of hydrogen-bond donors (Lipinski definition) is 1. The van der Waals surface area contributed by atoms with Crippen LogP contribution in [0.5, 0.6) is 0 Å². The maximum atomic E-state index is 12.9. The minimum Gasteiger partial charge on any atom is -0.351 e. The average Bonchev–Trinajstić information content (AvgIpc) is 2.28.